The molecule has 0 radical (unpaired) electrons. The number of hydrogen-bond acceptors (Lipinski definition) is 4. The normalized spacial score (nSPS) is 12.5. The molecule has 4 rings (SSSR count). The van der Waals surface area contributed by atoms with Crippen LogP contribution in [-0.2, 0) is 6.54 Å². The van der Waals surface area contributed by atoms with Crippen LogP contribution in [0.3, 0.4) is 0 Å². The van der Waals surface area contributed by atoms with Crippen molar-refractivity contribution in [2.75, 3.05) is 6.79 Å². The summed E-state index contributed by atoms with van der Waals surface area (Å²) >= 11 is 0. The second-order valence-corrected chi connectivity index (χ2v) is 4.95. The number of benzene rings is 1. The van der Waals surface area contributed by atoms with Crippen molar-refractivity contribution in [3.8, 4) is 11.5 Å². The van der Waals surface area contributed by atoms with Gasteiger partial charge in [0.25, 0.3) is 5.91 Å². The van der Waals surface area contributed by atoms with Crippen molar-refractivity contribution in [1.29, 1.82) is 0 Å². The fourth-order valence-corrected chi connectivity index (χ4v) is 2.45. The standard InChI is InChI=1S/C16H13N3O3/c20-16(12-2-1-6-19-7-5-17-15(12)19)18-9-11-3-4-13-14(8-11)22-10-21-13/h1-8H,9-10H2,(H,18,20). The Morgan fingerprint density at radius 3 is 3.09 bits per heavy atom. The van der Waals surface area contributed by atoms with Crippen LogP contribution in [0.4, 0.5) is 0 Å². The van der Waals surface area contributed by atoms with E-state index >= 15 is 0 Å². The molecule has 3 heterocycles. The summed E-state index contributed by atoms with van der Waals surface area (Å²) in [6.07, 6.45) is 5.34. The van der Waals surface area contributed by atoms with E-state index in [9.17, 15) is 4.79 Å². The number of amides is 1. The lowest BCUT2D eigenvalue weighted by Crippen LogP contribution is -2.23. The zero-order valence-electron chi connectivity index (χ0n) is 11.7. The van der Waals surface area contributed by atoms with Gasteiger partial charge in [0.15, 0.2) is 11.5 Å². The molecule has 3 aromatic rings. The van der Waals surface area contributed by atoms with Crippen molar-refractivity contribution in [1.82, 2.24) is 14.7 Å². The molecule has 0 spiro atoms. The third-order valence-corrected chi connectivity index (χ3v) is 3.55. The van der Waals surface area contributed by atoms with E-state index in [4.69, 9.17) is 9.47 Å². The molecule has 1 N–H and O–H groups in total. The average molecular weight is 295 g/mol. The lowest BCUT2D eigenvalue weighted by Gasteiger charge is -2.07. The summed E-state index contributed by atoms with van der Waals surface area (Å²) in [5.74, 6) is 1.29. The molecule has 22 heavy (non-hydrogen) atoms. The molecule has 1 aliphatic heterocycles. The number of nitrogens with one attached hydrogen (secondary N) is 1. The third-order valence-electron chi connectivity index (χ3n) is 3.55. The molecule has 1 aromatic carbocycles. The van der Waals surface area contributed by atoms with E-state index in [0.29, 0.717) is 23.5 Å². The van der Waals surface area contributed by atoms with Crippen LogP contribution >= 0.6 is 0 Å². The smallest absolute Gasteiger partial charge is 0.255 e. The Kier molecular flexibility index (Phi) is 2.93. The average Bonchev–Trinajstić information content (AvgIpc) is 3.20. The molecular formula is C16H13N3O3. The molecule has 110 valence electrons. The van der Waals surface area contributed by atoms with Gasteiger partial charge in [-0.15, -0.1) is 0 Å². The van der Waals surface area contributed by atoms with Crippen LogP contribution in [-0.4, -0.2) is 22.1 Å². The summed E-state index contributed by atoms with van der Waals surface area (Å²) in [6.45, 7) is 0.657. The first-order chi connectivity index (χ1) is 10.8. The highest BCUT2D eigenvalue weighted by Gasteiger charge is 2.14. The van der Waals surface area contributed by atoms with Gasteiger partial charge in [0, 0.05) is 25.1 Å². The summed E-state index contributed by atoms with van der Waals surface area (Å²) < 4.78 is 12.4. The van der Waals surface area contributed by atoms with Crippen molar-refractivity contribution < 1.29 is 14.3 Å². The quantitative estimate of drug-likeness (QED) is 0.802. The van der Waals surface area contributed by atoms with E-state index in [1.807, 2.05) is 41.1 Å². The van der Waals surface area contributed by atoms with E-state index in [1.165, 1.54) is 0 Å². The van der Waals surface area contributed by atoms with E-state index < -0.39 is 0 Å². The first-order valence-corrected chi connectivity index (χ1v) is 6.90. The number of carbonyl (C=O) groups excluding carboxylic acids is 1. The molecule has 0 saturated carbocycles. The fraction of sp³-hybridized carbons (Fsp3) is 0.125. The van der Waals surface area contributed by atoms with Crippen LogP contribution in [0.5, 0.6) is 11.5 Å². The van der Waals surface area contributed by atoms with Crippen LogP contribution in [0.1, 0.15) is 15.9 Å². The maximum Gasteiger partial charge on any atom is 0.255 e. The largest absolute Gasteiger partial charge is 0.454 e. The van der Waals surface area contributed by atoms with Crippen LogP contribution in [0, 0.1) is 0 Å². The van der Waals surface area contributed by atoms with Crippen molar-refractivity contribution >= 4 is 11.6 Å². The monoisotopic (exact) mass is 295 g/mol. The molecule has 0 atom stereocenters. The van der Waals surface area contributed by atoms with Crippen molar-refractivity contribution in [2.45, 2.75) is 6.54 Å². The number of pyridine rings is 1. The topological polar surface area (TPSA) is 64.9 Å². The van der Waals surface area contributed by atoms with Crippen LogP contribution in [0.25, 0.3) is 5.65 Å². The van der Waals surface area contributed by atoms with Crippen LogP contribution < -0.4 is 14.8 Å². The van der Waals surface area contributed by atoms with E-state index in [-0.39, 0.29) is 12.7 Å². The number of aromatic nitrogens is 2. The number of ether oxygens (including phenoxy) is 2. The predicted octanol–water partition coefficient (Wildman–Crippen LogP) is 1.99. The molecule has 1 amide bonds. The second kappa shape index (κ2) is 5.07. The van der Waals surface area contributed by atoms with Crippen molar-refractivity contribution in [2.24, 2.45) is 0 Å². The van der Waals surface area contributed by atoms with Gasteiger partial charge in [0.2, 0.25) is 6.79 Å². The Labute approximate surface area is 126 Å². The molecule has 6 nitrogen and oxygen atoms in total. The van der Waals surface area contributed by atoms with Gasteiger partial charge >= 0.3 is 0 Å². The Bertz CT molecular complexity index is 857. The van der Waals surface area contributed by atoms with Gasteiger partial charge in [0.05, 0.1) is 5.56 Å². The van der Waals surface area contributed by atoms with Gasteiger partial charge in [-0.1, -0.05) is 6.07 Å². The van der Waals surface area contributed by atoms with E-state index in [2.05, 4.69) is 10.3 Å². The number of imidazole rings is 1. The van der Waals surface area contributed by atoms with Gasteiger partial charge in [0.1, 0.15) is 5.65 Å². The molecule has 0 unspecified atom stereocenters. The molecule has 1 aliphatic rings. The number of fused-ring (bicyclic) bond motifs is 2. The zero-order chi connectivity index (χ0) is 14.9. The van der Waals surface area contributed by atoms with Crippen molar-refractivity contribution in [3.63, 3.8) is 0 Å². The number of rotatable bonds is 3. The molecule has 0 fully saturated rings. The molecule has 0 bridgehead atoms. The van der Waals surface area contributed by atoms with Gasteiger partial charge in [-0.25, -0.2) is 4.98 Å². The third kappa shape index (κ3) is 2.14. The van der Waals surface area contributed by atoms with Crippen LogP contribution in [0.15, 0.2) is 48.9 Å². The minimum Gasteiger partial charge on any atom is -0.454 e. The first kappa shape index (κ1) is 12.7. The highest BCUT2D eigenvalue weighted by Crippen LogP contribution is 2.32. The van der Waals surface area contributed by atoms with Crippen LogP contribution in [0.2, 0.25) is 0 Å². The number of hydrogen-bond donors (Lipinski definition) is 1. The van der Waals surface area contributed by atoms with Gasteiger partial charge in [-0.05, 0) is 29.8 Å². The SMILES string of the molecule is O=C(NCc1ccc2c(c1)OCO2)c1cccn2ccnc12. The van der Waals surface area contributed by atoms with E-state index in [1.54, 1.807) is 12.3 Å². The van der Waals surface area contributed by atoms with Crippen molar-refractivity contribution in [3.05, 3.63) is 60.0 Å². The lowest BCUT2D eigenvalue weighted by molar-refractivity contribution is 0.0952. The molecule has 6 heteroatoms. The van der Waals surface area contributed by atoms with Gasteiger partial charge in [-0.3, -0.25) is 4.79 Å². The Hall–Kier alpha value is -3.02. The Morgan fingerprint density at radius 2 is 2.14 bits per heavy atom. The molecule has 2 aromatic heterocycles. The van der Waals surface area contributed by atoms with Gasteiger partial charge in [-0.2, -0.15) is 0 Å². The fourth-order valence-electron chi connectivity index (χ4n) is 2.45. The Balaban J connectivity index is 1.52. The molecule has 0 aliphatic carbocycles. The van der Waals surface area contributed by atoms with E-state index in [0.717, 1.165) is 11.3 Å². The summed E-state index contributed by atoms with van der Waals surface area (Å²) in [6, 6.07) is 9.21. The lowest BCUT2D eigenvalue weighted by atomic mass is 10.2. The number of carbonyl (C=O) groups is 1. The highest BCUT2D eigenvalue weighted by atomic mass is 16.7. The molecular weight excluding hydrogens is 282 g/mol. The van der Waals surface area contributed by atoms with Gasteiger partial charge < -0.3 is 19.2 Å². The first-order valence-electron chi connectivity index (χ1n) is 6.90. The summed E-state index contributed by atoms with van der Waals surface area (Å²) in [5, 5.41) is 2.90. The second-order valence-electron chi connectivity index (χ2n) is 4.95. The molecule has 0 saturated heterocycles. The number of nitrogens with zero attached hydrogens (tertiary/aromatic N) is 2. The highest BCUT2D eigenvalue weighted by molar-refractivity contribution is 5.99. The maximum atomic E-state index is 12.3. The maximum absolute atomic E-state index is 12.3. The Morgan fingerprint density at radius 1 is 1.23 bits per heavy atom. The predicted molar refractivity (Wildman–Crippen MR) is 78.9 cm³/mol. The minimum atomic E-state index is -0.158. The minimum absolute atomic E-state index is 0.158. The summed E-state index contributed by atoms with van der Waals surface area (Å²) in [7, 11) is 0. The summed E-state index contributed by atoms with van der Waals surface area (Å²) in [4.78, 5) is 16.6. The zero-order valence-corrected chi connectivity index (χ0v) is 11.7. The summed E-state index contributed by atoms with van der Waals surface area (Å²) in [5.41, 5.74) is 2.15.